The Bertz CT molecular complexity index is 378. The van der Waals surface area contributed by atoms with Crippen LogP contribution in [0.2, 0.25) is 0 Å². The number of benzene rings is 1. The summed E-state index contributed by atoms with van der Waals surface area (Å²) >= 11 is 0. The highest BCUT2D eigenvalue weighted by molar-refractivity contribution is 5.30. The molecular weight excluding hydrogens is 224 g/mol. The molecule has 100 valence electrons. The minimum Gasteiger partial charge on any atom is -0.491 e. The maximum Gasteiger partial charge on any atom is 0.119 e. The summed E-state index contributed by atoms with van der Waals surface area (Å²) in [7, 11) is 0. The first kappa shape index (κ1) is 13.4. The number of hydrogen-bond donors (Lipinski definition) is 1. The third-order valence-electron chi connectivity index (χ3n) is 3.82. The molecule has 0 bridgehead atoms. The minimum atomic E-state index is -0.605. The second kappa shape index (κ2) is 5.75. The second-order valence-electron chi connectivity index (χ2n) is 5.80. The summed E-state index contributed by atoms with van der Waals surface area (Å²) in [5, 5.41) is 10.4. The van der Waals surface area contributed by atoms with Gasteiger partial charge in [-0.05, 0) is 36.5 Å². The van der Waals surface area contributed by atoms with E-state index < -0.39 is 5.60 Å². The lowest BCUT2D eigenvalue weighted by Crippen LogP contribution is -2.37. The third-order valence-corrected chi connectivity index (χ3v) is 3.82. The average Bonchev–Trinajstić information content (AvgIpc) is 2.38. The van der Waals surface area contributed by atoms with Crippen LogP contribution >= 0.6 is 0 Å². The number of hydrogen-bond acceptors (Lipinski definition) is 2. The van der Waals surface area contributed by atoms with Gasteiger partial charge >= 0.3 is 0 Å². The van der Waals surface area contributed by atoms with Gasteiger partial charge in [-0.2, -0.15) is 0 Å². The van der Waals surface area contributed by atoms with Crippen LogP contribution in [0.5, 0.6) is 5.75 Å². The molecule has 0 radical (unpaired) electrons. The van der Waals surface area contributed by atoms with Crippen molar-refractivity contribution in [2.75, 3.05) is 6.61 Å². The van der Waals surface area contributed by atoms with E-state index in [1.807, 2.05) is 12.1 Å². The summed E-state index contributed by atoms with van der Waals surface area (Å²) in [6.07, 6.45) is 5.22. The fraction of sp³-hybridized carbons (Fsp3) is 0.625. The van der Waals surface area contributed by atoms with Gasteiger partial charge in [-0.3, -0.25) is 0 Å². The van der Waals surface area contributed by atoms with Crippen molar-refractivity contribution in [1.29, 1.82) is 0 Å². The molecule has 0 heterocycles. The van der Waals surface area contributed by atoms with Crippen molar-refractivity contribution >= 4 is 0 Å². The lowest BCUT2D eigenvalue weighted by Gasteiger charge is -2.31. The first-order valence-electron chi connectivity index (χ1n) is 7.04. The van der Waals surface area contributed by atoms with Crippen molar-refractivity contribution < 1.29 is 9.84 Å². The lowest BCUT2D eigenvalue weighted by molar-refractivity contribution is -0.0339. The molecule has 1 aliphatic rings. The summed E-state index contributed by atoms with van der Waals surface area (Å²) < 4.78 is 5.79. The Labute approximate surface area is 110 Å². The summed E-state index contributed by atoms with van der Waals surface area (Å²) in [4.78, 5) is 0. The maximum atomic E-state index is 10.4. The molecule has 0 aromatic heterocycles. The van der Waals surface area contributed by atoms with Crippen LogP contribution in [0.1, 0.15) is 57.4 Å². The normalized spacial score (nSPS) is 18.9. The topological polar surface area (TPSA) is 29.5 Å². The monoisotopic (exact) mass is 248 g/mol. The van der Waals surface area contributed by atoms with Gasteiger partial charge in [-0.15, -0.1) is 0 Å². The van der Waals surface area contributed by atoms with Gasteiger partial charge in [-0.1, -0.05) is 45.2 Å². The van der Waals surface area contributed by atoms with Crippen molar-refractivity contribution in [2.24, 2.45) is 0 Å². The highest BCUT2D eigenvalue weighted by Gasteiger charge is 2.29. The summed E-state index contributed by atoms with van der Waals surface area (Å²) in [5.74, 6) is 1.38. The van der Waals surface area contributed by atoms with E-state index in [-0.39, 0.29) is 0 Å². The van der Waals surface area contributed by atoms with Crippen LogP contribution in [0.4, 0.5) is 0 Å². The minimum absolute atomic E-state index is 0.425. The van der Waals surface area contributed by atoms with Crippen LogP contribution in [-0.2, 0) is 0 Å². The Morgan fingerprint density at radius 2 is 1.94 bits per heavy atom. The van der Waals surface area contributed by atoms with Crippen LogP contribution in [0.25, 0.3) is 0 Å². The highest BCUT2D eigenvalue weighted by atomic mass is 16.5. The molecule has 1 aliphatic carbocycles. The number of ether oxygens (including phenoxy) is 1. The SMILES string of the molecule is CC(C)c1cccc(OCC2(O)CCCCC2)c1. The van der Waals surface area contributed by atoms with Crippen molar-refractivity contribution in [3.05, 3.63) is 29.8 Å². The molecule has 18 heavy (non-hydrogen) atoms. The lowest BCUT2D eigenvalue weighted by atomic mass is 9.85. The molecule has 1 fully saturated rings. The van der Waals surface area contributed by atoms with Crippen molar-refractivity contribution in [3.63, 3.8) is 0 Å². The van der Waals surface area contributed by atoms with Gasteiger partial charge < -0.3 is 9.84 Å². The van der Waals surface area contributed by atoms with Gasteiger partial charge in [0.05, 0.1) is 5.60 Å². The van der Waals surface area contributed by atoms with Gasteiger partial charge in [0.15, 0.2) is 0 Å². The molecular formula is C16H24O2. The van der Waals surface area contributed by atoms with E-state index in [0.29, 0.717) is 12.5 Å². The predicted octanol–water partition coefficient (Wildman–Crippen LogP) is 3.88. The molecule has 0 saturated heterocycles. The Morgan fingerprint density at radius 3 is 2.61 bits per heavy atom. The molecule has 2 nitrogen and oxygen atoms in total. The van der Waals surface area contributed by atoms with E-state index in [1.54, 1.807) is 0 Å². The molecule has 1 aromatic rings. The van der Waals surface area contributed by atoms with E-state index >= 15 is 0 Å². The molecule has 0 spiro atoms. The largest absolute Gasteiger partial charge is 0.491 e. The van der Waals surface area contributed by atoms with E-state index in [9.17, 15) is 5.11 Å². The molecule has 0 unspecified atom stereocenters. The van der Waals surface area contributed by atoms with Crippen molar-refractivity contribution in [1.82, 2.24) is 0 Å². The Morgan fingerprint density at radius 1 is 1.22 bits per heavy atom. The molecule has 0 atom stereocenters. The first-order valence-corrected chi connectivity index (χ1v) is 7.04. The fourth-order valence-electron chi connectivity index (χ4n) is 2.54. The van der Waals surface area contributed by atoms with E-state index in [0.717, 1.165) is 31.4 Å². The second-order valence-corrected chi connectivity index (χ2v) is 5.80. The van der Waals surface area contributed by atoms with Crippen molar-refractivity contribution in [2.45, 2.75) is 57.5 Å². The molecule has 0 aliphatic heterocycles. The van der Waals surface area contributed by atoms with E-state index in [1.165, 1.54) is 12.0 Å². The van der Waals surface area contributed by atoms with E-state index in [2.05, 4.69) is 26.0 Å². The Balaban J connectivity index is 1.95. The van der Waals surface area contributed by atoms with Gasteiger partial charge in [0.2, 0.25) is 0 Å². The quantitative estimate of drug-likeness (QED) is 0.876. The summed E-state index contributed by atoms with van der Waals surface area (Å²) in [6, 6.07) is 8.19. The van der Waals surface area contributed by atoms with Gasteiger partial charge in [0.1, 0.15) is 12.4 Å². The zero-order chi connectivity index (χ0) is 13.0. The predicted molar refractivity (Wildman–Crippen MR) is 74.1 cm³/mol. The van der Waals surface area contributed by atoms with Gasteiger partial charge in [0.25, 0.3) is 0 Å². The van der Waals surface area contributed by atoms with Crippen LogP contribution in [0.15, 0.2) is 24.3 Å². The zero-order valence-electron chi connectivity index (χ0n) is 11.5. The molecule has 2 heteroatoms. The molecule has 1 N–H and O–H groups in total. The van der Waals surface area contributed by atoms with Crippen LogP contribution < -0.4 is 4.74 Å². The Kier molecular flexibility index (Phi) is 4.28. The van der Waals surface area contributed by atoms with Crippen LogP contribution in [-0.4, -0.2) is 17.3 Å². The van der Waals surface area contributed by atoms with Gasteiger partial charge in [-0.25, -0.2) is 0 Å². The Hall–Kier alpha value is -1.02. The summed E-state index contributed by atoms with van der Waals surface area (Å²) in [6.45, 7) is 4.77. The van der Waals surface area contributed by atoms with Crippen LogP contribution in [0, 0.1) is 0 Å². The fourth-order valence-corrected chi connectivity index (χ4v) is 2.54. The average molecular weight is 248 g/mol. The summed E-state index contributed by atoms with van der Waals surface area (Å²) in [5.41, 5.74) is 0.676. The van der Waals surface area contributed by atoms with Gasteiger partial charge in [0, 0.05) is 0 Å². The molecule has 0 amide bonds. The zero-order valence-corrected chi connectivity index (χ0v) is 11.5. The smallest absolute Gasteiger partial charge is 0.119 e. The van der Waals surface area contributed by atoms with E-state index in [4.69, 9.17) is 4.74 Å². The molecule has 2 rings (SSSR count). The number of rotatable bonds is 4. The first-order chi connectivity index (χ1) is 8.59. The van der Waals surface area contributed by atoms with Crippen LogP contribution in [0.3, 0.4) is 0 Å². The maximum absolute atomic E-state index is 10.4. The highest BCUT2D eigenvalue weighted by Crippen LogP contribution is 2.29. The number of aliphatic hydroxyl groups is 1. The molecule has 1 aromatic carbocycles. The third kappa shape index (κ3) is 3.49. The molecule has 1 saturated carbocycles. The van der Waals surface area contributed by atoms with Crippen molar-refractivity contribution in [3.8, 4) is 5.75 Å². The standard InChI is InChI=1S/C16H24O2/c1-13(2)14-7-6-8-15(11-14)18-12-16(17)9-4-3-5-10-16/h6-8,11,13,17H,3-5,9-10,12H2,1-2H3.